The molecule has 2 N–H and O–H groups in total. The molecule has 5 heteroatoms. The Morgan fingerprint density at radius 2 is 2.05 bits per heavy atom. The number of aromatic nitrogens is 2. The number of amides is 1. The number of likely N-dealkylation sites (tertiary alicyclic amines) is 1. The summed E-state index contributed by atoms with van der Waals surface area (Å²) in [6, 6.07) is -0.00223. The van der Waals surface area contributed by atoms with Gasteiger partial charge in [0.25, 0.3) is 0 Å². The molecule has 5 nitrogen and oxygen atoms in total. The Balaban J connectivity index is 1.88. The summed E-state index contributed by atoms with van der Waals surface area (Å²) in [6.45, 7) is 6.85. The molecule has 21 heavy (non-hydrogen) atoms. The number of hydrogen-bond donors (Lipinski definition) is 1. The van der Waals surface area contributed by atoms with E-state index in [4.69, 9.17) is 5.73 Å². The van der Waals surface area contributed by atoms with Crippen LogP contribution in [0.1, 0.15) is 57.7 Å². The number of piperidine rings is 1. The van der Waals surface area contributed by atoms with Crippen molar-refractivity contribution in [3.8, 4) is 0 Å². The molecule has 2 rings (SSSR count). The van der Waals surface area contributed by atoms with E-state index in [2.05, 4.69) is 18.8 Å². The highest BCUT2D eigenvalue weighted by atomic mass is 16.2. The van der Waals surface area contributed by atoms with E-state index >= 15 is 0 Å². The quantitative estimate of drug-likeness (QED) is 0.875. The van der Waals surface area contributed by atoms with Crippen molar-refractivity contribution in [1.82, 2.24) is 14.5 Å². The molecule has 0 aromatic carbocycles. The van der Waals surface area contributed by atoms with Crippen LogP contribution >= 0.6 is 0 Å². The molecule has 1 aliphatic rings. The van der Waals surface area contributed by atoms with Crippen LogP contribution in [0.3, 0.4) is 0 Å². The van der Waals surface area contributed by atoms with Crippen molar-refractivity contribution >= 4 is 5.91 Å². The predicted molar refractivity (Wildman–Crippen MR) is 83.7 cm³/mol. The van der Waals surface area contributed by atoms with Crippen molar-refractivity contribution in [3.05, 3.63) is 18.2 Å². The second-order valence-corrected chi connectivity index (χ2v) is 6.44. The fourth-order valence-corrected chi connectivity index (χ4v) is 2.97. The summed E-state index contributed by atoms with van der Waals surface area (Å²) in [5.41, 5.74) is 7.27. The van der Waals surface area contributed by atoms with Crippen molar-refractivity contribution in [3.63, 3.8) is 0 Å². The second kappa shape index (κ2) is 7.59. The van der Waals surface area contributed by atoms with Crippen molar-refractivity contribution < 1.29 is 4.79 Å². The lowest BCUT2D eigenvalue weighted by molar-refractivity contribution is -0.132. The second-order valence-electron chi connectivity index (χ2n) is 6.44. The molecule has 0 radical (unpaired) electrons. The summed E-state index contributed by atoms with van der Waals surface area (Å²) in [7, 11) is 0. The highest BCUT2D eigenvalue weighted by Crippen LogP contribution is 2.19. The van der Waals surface area contributed by atoms with Crippen molar-refractivity contribution in [2.24, 2.45) is 11.7 Å². The molecule has 1 amide bonds. The molecule has 0 saturated carbocycles. The molecule has 1 fully saturated rings. The molecule has 2 heterocycles. The molecule has 1 unspecified atom stereocenters. The average molecular weight is 292 g/mol. The van der Waals surface area contributed by atoms with E-state index in [1.165, 1.54) is 6.42 Å². The van der Waals surface area contributed by atoms with Gasteiger partial charge in [-0.2, -0.15) is 0 Å². The minimum atomic E-state index is -0.00223. The lowest BCUT2D eigenvalue weighted by Gasteiger charge is -2.27. The number of nitrogens with two attached hydrogens (primary N) is 1. The number of rotatable bonds is 6. The Labute approximate surface area is 127 Å². The zero-order valence-electron chi connectivity index (χ0n) is 13.3. The number of nitrogens with zero attached hydrogens (tertiary/aromatic N) is 3. The van der Waals surface area contributed by atoms with Crippen LogP contribution in [-0.2, 0) is 11.3 Å². The maximum atomic E-state index is 12.2. The molecule has 0 aliphatic carbocycles. The minimum absolute atomic E-state index is 0.00223. The van der Waals surface area contributed by atoms with Crippen molar-refractivity contribution in [2.45, 2.75) is 58.5 Å². The third kappa shape index (κ3) is 4.56. The predicted octanol–water partition coefficient (Wildman–Crippen LogP) is 2.33. The van der Waals surface area contributed by atoms with Crippen LogP contribution in [0.5, 0.6) is 0 Å². The Kier molecular flexibility index (Phi) is 5.79. The molecule has 1 aromatic rings. The highest BCUT2D eigenvalue weighted by molar-refractivity contribution is 5.76. The number of aryl methyl sites for hydroxylation is 1. The number of imidazole rings is 1. The topological polar surface area (TPSA) is 64.1 Å². The van der Waals surface area contributed by atoms with Gasteiger partial charge in [0.2, 0.25) is 5.91 Å². The highest BCUT2D eigenvalue weighted by Gasteiger charge is 2.18. The summed E-state index contributed by atoms with van der Waals surface area (Å²) in [4.78, 5) is 18.4. The molecule has 0 bridgehead atoms. The third-order valence-corrected chi connectivity index (χ3v) is 4.13. The summed E-state index contributed by atoms with van der Waals surface area (Å²) >= 11 is 0. The zero-order valence-corrected chi connectivity index (χ0v) is 13.3. The monoisotopic (exact) mass is 292 g/mol. The fourth-order valence-electron chi connectivity index (χ4n) is 2.97. The first-order chi connectivity index (χ1) is 10.1. The molecule has 118 valence electrons. The first kappa shape index (κ1) is 16.0. The van der Waals surface area contributed by atoms with Gasteiger partial charge >= 0.3 is 0 Å². The van der Waals surface area contributed by atoms with E-state index in [0.29, 0.717) is 18.9 Å². The molecular weight excluding hydrogens is 264 g/mol. The van der Waals surface area contributed by atoms with E-state index in [1.54, 1.807) is 6.33 Å². The zero-order chi connectivity index (χ0) is 15.2. The van der Waals surface area contributed by atoms with Gasteiger partial charge in [0.15, 0.2) is 0 Å². The van der Waals surface area contributed by atoms with Gasteiger partial charge in [-0.05, 0) is 31.6 Å². The maximum Gasteiger partial charge on any atom is 0.224 e. The third-order valence-electron chi connectivity index (χ3n) is 4.13. The smallest absolute Gasteiger partial charge is 0.224 e. The standard InChI is InChI=1S/C16H28N4O/c1-13(2)10-14(17)15-11-18-12-20(15)9-6-16(21)19-7-4-3-5-8-19/h11-14H,3-10,17H2,1-2H3. The van der Waals surface area contributed by atoms with Gasteiger partial charge in [-0.15, -0.1) is 0 Å². The average Bonchev–Trinajstić information content (AvgIpc) is 2.93. The van der Waals surface area contributed by atoms with Crippen LogP contribution in [0.15, 0.2) is 12.5 Å². The molecule has 1 aromatic heterocycles. The molecule has 1 atom stereocenters. The van der Waals surface area contributed by atoms with Crippen molar-refractivity contribution in [2.75, 3.05) is 13.1 Å². The van der Waals surface area contributed by atoms with Gasteiger partial charge in [0.1, 0.15) is 0 Å². The first-order valence-corrected chi connectivity index (χ1v) is 8.11. The Morgan fingerprint density at radius 1 is 1.33 bits per heavy atom. The Hall–Kier alpha value is -1.36. The fraction of sp³-hybridized carbons (Fsp3) is 0.750. The summed E-state index contributed by atoms with van der Waals surface area (Å²) in [5, 5.41) is 0. The van der Waals surface area contributed by atoms with E-state index in [-0.39, 0.29) is 11.9 Å². The largest absolute Gasteiger partial charge is 0.343 e. The summed E-state index contributed by atoms with van der Waals surface area (Å²) in [6.07, 6.45) is 8.63. The van der Waals surface area contributed by atoms with Crippen LogP contribution in [0, 0.1) is 5.92 Å². The van der Waals surface area contributed by atoms with Crippen molar-refractivity contribution in [1.29, 1.82) is 0 Å². The van der Waals surface area contributed by atoms with E-state index in [0.717, 1.165) is 38.0 Å². The summed E-state index contributed by atoms with van der Waals surface area (Å²) < 4.78 is 2.04. The first-order valence-electron chi connectivity index (χ1n) is 8.11. The van der Waals surface area contributed by atoms with Crippen LogP contribution < -0.4 is 5.73 Å². The molecule has 1 saturated heterocycles. The van der Waals surface area contributed by atoms with Gasteiger partial charge in [-0.25, -0.2) is 4.98 Å². The lowest BCUT2D eigenvalue weighted by Crippen LogP contribution is -2.36. The number of hydrogen-bond acceptors (Lipinski definition) is 3. The van der Waals surface area contributed by atoms with Gasteiger partial charge < -0.3 is 15.2 Å². The number of carbonyl (C=O) groups is 1. The minimum Gasteiger partial charge on any atom is -0.343 e. The van der Waals surface area contributed by atoms with E-state index in [1.807, 2.05) is 15.7 Å². The Bertz CT molecular complexity index is 449. The Morgan fingerprint density at radius 3 is 2.71 bits per heavy atom. The maximum absolute atomic E-state index is 12.2. The van der Waals surface area contributed by atoms with Gasteiger partial charge in [0.05, 0.1) is 12.0 Å². The van der Waals surface area contributed by atoms with Crippen LogP contribution in [0.2, 0.25) is 0 Å². The van der Waals surface area contributed by atoms with Gasteiger partial charge in [-0.3, -0.25) is 4.79 Å². The van der Waals surface area contributed by atoms with Gasteiger partial charge in [-0.1, -0.05) is 13.8 Å². The van der Waals surface area contributed by atoms with E-state index in [9.17, 15) is 4.79 Å². The normalized spacial score (nSPS) is 17.2. The van der Waals surface area contributed by atoms with Crippen LogP contribution in [0.25, 0.3) is 0 Å². The van der Waals surface area contributed by atoms with Crippen LogP contribution in [-0.4, -0.2) is 33.4 Å². The SMILES string of the molecule is CC(C)CC(N)c1cncn1CCC(=O)N1CCCCC1. The van der Waals surface area contributed by atoms with E-state index < -0.39 is 0 Å². The molecular formula is C16H28N4O. The van der Waals surface area contributed by atoms with Crippen LogP contribution in [0.4, 0.5) is 0 Å². The van der Waals surface area contributed by atoms with Gasteiger partial charge in [0, 0.05) is 38.3 Å². The lowest BCUT2D eigenvalue weighted by atomic mass is 10.0. The molecule has 0 spiro atoms. The number of carbonyl (C=O) groups excluding carboxylic acids is 1. The summed E-state index contributed by atoms with van der Waals surface area (Å²) in [5.74, 6) is 0.810. The molecule has 1 aliphatic heterocycles.